The highest BCUT2D eigenvalue weighted by atomic mass is 16.5. The van der Waals surface area contributed by atoms with Crippen molar-refractivity contribution in [2.75, 3.05) is 6.61 Å². The number of ether oxygens (including phenoxy) is 1. The fourth-order valence-electron chi connectivity index (χ4n) is 3.73. The second-order valence-corrected chi connectivity index (χ2v) is 6.88. The quantitative estimate of drug-likeness (QED) is 0.371. The summed E-state index contributed by atoms with van der Waals surface area (Å²) < 4.78 is 7.04. The highest BCUT2D eigenvalue weighted by Gasteiger charge is 2.26. The summed E-state index contributed by atoms with van der Waals surface area (Å²) in [5.74, 6) is -0.422. The van der Waals surface area contributed by atoms with Crippen LogP contribution in [0.5, 0.6) is 0 Å². The molecule has 2 aromatic carbocycles. The van der Waals surface area contributed by atoms with Crippen molar-refractivity contribution in [1.82, 2.24) is 4.57 Å². The molecule has 0 radical (unpaired) electrons. The molecule has 0 atom stereocenters. The van der Waals surface area contributed by atoms with Crippen LogP contribution < -0.4 is 0 Å². The molecule has 3 aromatic rings. The van der Waals surface area contributed by atoms with E-state index in [1.807, 2.05) is 55.5 Å². The molecular formula is C25H23N3O2. The number of benzene rings is 2. The van der Waals surface area contributed by atoms with E-state index in [-0.39, 0.29) is 6.61 Å². The first-order chi connectivity index (χ1) is 14.5. The van der Waals surface area contributed by atoms with E-state index < -0.39 is 5.97 Å². The number of rotatable bonds is 6. The van der Waals surface area contributed by atoms with Gasteiger partial charge < -0.3 is 9.30 Å². The number of hydrogen-bond donors (Lipinski definition) is 0. The number of aromatic nitrogens is 1. The highest BCUT2D eigenvalue weighted by molar-refractivity contribution is 6.01. The van der Waals surface area contributed by atoms with Gasteiger partial charge in [-0.15, -0.1) is 0 Å². The van der Waals surface area contributed by atoms with Crippen molar-refractivity contribution in [3.05, 3.63) is 93.9 Å². The number of nitrogens with zero attached hydrogens (tertiary/aromatic N) is 3. The summed E-state index contributed by atoms with van der Waals surface area (Å²) in [7, 11) is 1.80. The largest absolute Gasteiger partial charge is 0.461 e. The van der Waals surface area contributed by atoms with E-state index in [0.29, 0.717) is 35.5 Å². The Bertz CT molecular complexity index is 1160. The molecule has 0 saturated carbocycles. The van der Waals surface area contributed by atoms with Crippen molar-refractivity contribution in [2.24, 2.45) is 7.05 Å². The van der Waals surface area contributed by atoms with Gasteiger partial charge in [0.15, 0.2) is 5.69 Å². The third kappa shape index (κ3) is 3.83. The number of carbonyl (C=O) groups excluding carboxylic acids is 1. The van der Waals surface area contributed by atoms with Gasteiger partial charge in [-0.1, -0.05) is 55.5 Å². The molecule has 3 rings (SSSR count). The lowest BCUT2D eigenvalue weighted by atomic mass is 9.98. The molecule has 1 heterocycles. The van der Waals surface area contributed by atoms with E-state index in [1.165, 1.54) is 0 Å². The van der Waals surface area contributed by atoms with Gasteiger partial charge in [-0.25, -0.2) is 14.5 Å². The highest BCUT2D eigenvalue weighted by Crippen LogP contribution is 2.40. The molecule has 0 unspecified atom stereocenters. The lowest BCUT2D eigenvalue weighted by Crippen LogP contribution is -2.12. The molecule has 0 amide bonds. The van der Waals surface area contributed by atoms with Gasteiger partial charge in [-0.3, -0.25) is 0 Å². The van der Waals surface area contributed by atoms with Crippen LogP contribution in [0.15, 0.2) is 48.5 Å². The Labute approximate surface area is 177 Å². The standard InChI is InChI=1S/C25H23N3O2/c1-6-21-23(27-4)22(24(28(21)5)25(29)30-7-2)18-14-12-17(13-15-18)16-19-10-8-9-11-20(19)26-3/h8-15H,6-7,16H2,1-2,5H3. The first-order valence-electron chi connectivity index (χ1n) is 9.86. The van der Waals surface area contributed by atoms with Crippen LogP contribution in [0.1, 0.15) is 41.2 Å². The van der Waals surface area contributed by atoms with Gasteiger partial charge in [0.05, 0.1) is 19.8 Å². The molecule has 0 N–H and O–H groups in total. The van der Waals surface area contributed by atoms with Gasteiger partial charge in [-0.05, 0) is 36.5 Å². The van der Waals surface area contributed by atoms with Crippen molar-refractivity contribution in [1.29, 1.82) is 0 Å². The molecule has 30 heavy (non-hydrogen) atoms. The van der Waals surface area contributed by atoms with E-state index in [2.05, 4.69) is 9.69 Å². The molecule has 5 heteroatoms. The van der Waals surface area contributed by atoms with Gasteiger partial charge in [-0.2, -0.15) is 0 Å². The fraction of sp³-hybridized carbons (Fsp3) is 0.240. The third-order valence-electron chi connectivity index (χ3n) is 5.15. The van der Waals surface area contributed by atoms with Crippen LogP contribution in [-0.4, -0.2) is 17.1 Å². The first-order valence-corrected chi connectivity index (χ1v) is 9.86. The van der Waals surface area contributed by atoms with Gasteiger partial charge in [0.25, 0.3) is 0 Å². The van der Waals surface area contributed by atoms with Crippen LogP contribution in [0.25, 0.3) is 20.8 Å². The minimum atomic E-state index is -0.422. The number of carbonyl (C=O) groups is 1. The van der Waals surface area contributed by atoms with Gasteiger partial charge in [0.2, 0.25) is 5.69 Å². The maximum atomic E-state index is 12.7. The molecule has 0 saturated heterocycles. The summed E-state index contributed by atoms with van der Waals surface area (Å²) in [5, 5.41) is 0. The zero-order valence-corrected chi connectivity index (χ0v) is 17.4. The maximum absolute atomic E-state index is 12.7. The van der Waals surface area contributed by atoms with Crippen molar-refractivity contribution >= 4 is 17.3 Å². The zero-order valence-electron chi connectivity index (χ0n) is 17.4. The van der Waals surface area contributed by atoms with Crippen molar-refractivity contribution in [3.8, 4) is 11.1 Å². The maximum Gasteiger partial charge on any atom is 0.354 e. The summed E-state index contributed by atoms with van der Waals surface area (Å²) >= 11 is 0. The Morgan fingerprint density at radius 2 is 1.73 bits per heavy atom. The molecule has 0 aliphatic heterocycles. The van der Waals surface area contributed by atoms with Crippen molar-refractivity contribution in [3.63, 3.8) is 0 Å². The van der Waals surface area contributed by atoms with Gasteiger partial charge in [0, 0.05) is 18.3 Å². The predicted octanol–water partition coefficient (Wildman–Crippen LogP) is 6.12. The second-order valence-electron chi connectivity index (χ2n) is 6.88. The third-order valence-corrected chi connectivity index (χ3v) is 5.15. The van der Waals surface area contributed by atoms with E-state index in [1.54, 1.807) is 18.5 Å². The Balaban J connectivity index is 2.05. The van der Waals surface area contributed by atoms with Crippen LogP contribution in [0.3, 0.4) is 0 Å². The summed E-state index contributed by atoms with van der Waals surface area (Å²) in [5.41, 5.74) is 5.83. The normalized spacial score (nSPS) is 10.3. The zero-order chi connectivity index (χ0) is 21.7. The molecule has 0 bridgehead atoms. The summed E-state index contributed by atoms with van der Waals surface area (Å²) in [6.07, 6.45) is 1.29. The molecule has 0 aliphatic carbocycles. The van der Waals surface area contributed by atoms with Crippen LogP contribution in [0, 0.1) is 13.1 Å². The average Bonchev–Trinajstić information content (AvgIpc) is 3.06. The lowest BCUT2D eigenvalue weighted by Gasteiger charge is -2.10. The summed E-state index contributed by atoms with van der Waals surface area (Å²) in [6, 6.07) is 15.4. The predicted molar refractivity (Wildman–Crippen MR) is 118 cm³/mol. The van der Waals surface area contributed by atoms with E-state index in [0.717, 1.165) is 22.4 Å². The van der Waals surface area contributed by atoms with E-state index in [9.17, 15) is 4.79 Å². The van der Waals surface area contributed by atoms with Crippen LogP contribution >= 0.6 is 0 Å². The molecule has 150 valence electrons. The number of hydrogen-bond acceptors (Lipinski definition) is 2. The van der Waals surface area contributed by atoms with E-state index in [4.69, 9.17) is 17.9 Å². The van der Waals surface area contributed by atoms with E-state index >= 15 is 0 Å². The minimum Gasteiger partial charge on any atom is -0.461 e. The van der Waals surface area contributed by atoms with Crippen LogP contribution in [0.2, 0.25) is 0 Å². The molecule has 0 spiro atoms. The van der Waals surface area contributed by atoms with Gasteiger partial charge in [0.1, 0.15) is 5.69 Å². The molecule has 5 nitrogen and oxygen atoms in total. The molecular weight excluding hydrogens is 374 g/mol. The fourth-order valence-corrected chi connectivity index (χ4v) is 3.73. The van der Waals surface area contributed by atoms with Crippen LogP contribution in [-0.2, 0) is 24.6 Å². The lowest BCUT2D eigenvalue weighted by molar-refractivity contribution is 0.0516. The first kappa shape index (κ1) is 20.9. The van der Waals surface area contributed by atoms with Crippen molar-refractivity contribution < 1.29 is 9.53 Å². The average molecular weight is 397 g/mol. The Morgan fingerprint density at radius 3 is 2.33 bits per heavy atom. The molecule has 0 fully saturated rings. The molecule has 0 aliphatic rings. The minimum absolute atomic E-state index is 0.275. The topological polar surface area (TPSA) is 40.0 Å². The number of para-hydroxylation sites is 1. The second kappa shape index (κ2) is 9.11. The summed E-state index contributed by atoms with van der Waals surface area (Å²) in [6.45, 7) is 19.0. The SMILES string of the molecule is [C-]#[N+]c1ccccc1Cc1ccc(-c2c([N+]#[C-])c(CC)n(C)c2C(=O)OCC)cc1. The Morgan fingerprint density at radius 1 is 1.03 bits per heavy atom. The Hall–Kier alpha value is -3.83. The molecule has 1 aromatic heterocycles. The Kier molecular flexibility index (Phi) is 6.35. The monoisotopic (exact) mass is 397 g/mol. The smallest absolute Gasteiger partial charge is 0.354 e. The number of esters is 1. The summed E-state index contributed by atoms with van der Waals surface area (Å²) in [4.78, 5) is 20.0. The van der Waals surface area contributed by atoms with Crippen molar-refractivity contribution in [2.45, 2.75) is 26.7 Å². The van der Waals surface area contributed by atoms with Crippen LogP contribution in [0.4, 0.5) is 11.4 Å². The van der Waals surface area contributed by atoms with Gasteiger partial charge >= 0.3 is 5.97 Å².